The fourth-order valence-corrected chi connectivity index (χ4v) is 2.54. The second-order valence-electron chi connectivity index (χ2n) is 4.81. The van der Waals surface area contributed by atoms with Crippen LogP contribution in [-0.4, -0.2) is 61.0 Å². The maximum atomic E-state index is 12.2. The molecule has 2 fully saturated rings. The van der Waals surface area contributed by atoms with Gasteiger partial charge in [0.1, 0.15) is 0 Å². The highest BCUT2D eigenvalue weighted by Gasteiger charge is 2.27. The minimum absolute atomic E-state index is 0.0583. The summed E-state index contributed by atoms with van der Waals surface area (Å²) < 4.78 is 0. The molecule has 17 heavy (non-hydrogen) atoms. The number of terminal acetylenes is 1. The average molecular weight is 235 g/mol. The van der Waals surface area contributed by atoms with Gasteiger partial charge in [-0.25, -0.2) is 0 Å². The Hall–Kier alpha value is -1.05. The van der Waals surface area contributed by atoms with Crippen molar-refractivity contribution in [2.45, 2.75) is 25.3 Å². The molecule has 0 aromatic carbocycles. The van der Waals surface area contributed by atoms with Crippen LogP contribution in [0, 0.1) is 12.3 Å². The van der Waals surface area contributed by atoms with E-state index in [-0.39, 0.29) is 11.9 Å². The molecule has 2 aliphatic rings. The van der Waals surface area contributed by atoms with Crippen LogP contribution in [0.2, 0.25) is 0 Å². The molecule has 0 spiro atoms. The van der Waals surface area contributed by atoms with E-state index < -0.39 is 0 Å². The predicted molar refractivity (Wildman–Crippen MR) is 67.5 cm³/mol. The number of hydrogen-bond acceptors (Lipinski definition) is 3. The van der Waals surface area contributed by atoms with E-state index >= 15 is 0 Å². The molecule has 0 unspecified atom stereocenters. The SMILES string of the molecule is C#CCN1CCN(C(=O)[C@@H]2CCCCN2)CC1. The Kier molecular flexibility index (Phi) is 4.41. The van der Waals surface area contributed by atoms with Gasteiger partial charge < -0.3 is 10.2 Å². The van der Waals surface area contributed by atoms with Crippen LogP contribution in [0.1, 0.15) is 19.3 Å². The molecule has 0 aromatic rings. The van der Waals surface area contributed by atoms with E-state index in [1.807, 2.05) is 4.90 Å². The summed E-state index contributed by atoms with van der Waals surface area (Å²) in [5.41, 5.74) is 0. The number of piperazine rings is 1. The second kappa shape index (κ2) is 6.04. The standard InChI is InChI=1S/C13H21N3O/c1-2-7-15-8-10-16(11-9-15)13(17)12-5-3-4-6-14-12/h1,12,14H,3-11H2/t12-/m0/s1. The lowest BCUT2D eigenvalue weighted by atomic mass is 10.0. The topological polar surface area (TPSA) is 35.6 Å². The van der Waals surface area contributed by atoms with Gasteiger partial charge in [0.15, 0.2) is 0 Å². The van der Waals surface area contributed by atoms with Crippen molar-refractivity contribution in [3.8, 4) is 12.3 Å². The average Bonchev–Trinajstić information content (AvgIpc) is 2.40. The minimum atomic E-state index is 0.0583. The molecule has 0 aromatic heterocycles. The van der Waals surface area contributed by atoms with E-state index in [4.69, 9.17) is 6.42 Å². The van der Waals surface area contributed by atoms with Crippen LogP contribution < -0.4 is 5.32 Å². The molecule has 0 aliphatic carbocycles. The zero-order valence-corrected chi connectivity index (χ0v) is 10.3. The van der Waals surface area contributed by atoms with Crippen molar-refractivity contribution in [1.82, 2.24) is 15.1 Å². The number of amides is 1. The molecule has 0 bridgehead atoms. The Morgan fingerprint density at radius 3 is 2.65 bits per heavy atom. The molecular weight excluding hydrogens is 214 g/mol. The number of nitrogens with zero attached hydrogens (tertiary/aromatic N) is 2. The van der Waals surface area contributed by atoms with Crippen molar-refractivity contribution in [3.05, 3.63) is 0 Å². The van der Waals surface area contributed by atoms with Gasteiger partial charge in [-0.1, -0.05) is 12.3 Å². The molecule has 1 amide bonds. The summed E-state index contributed by atoms with van der Waals surface area (Å²) in [6, 6.07) is 0.0583. The first-order chi connectivity index (χ1) is 8.31. The van der Waals surface area contributed by atoms with E-state index in [0.717, 1.165) is 39.1 Å². The zero-order chi connectivity index (χ0) is 12.1. The van der Waals surface area contributed by atoms with Crippen molar-refractivity contribution in [1.29, 1.82) is 0 Å². The Balaban J connectivity index is 1.79. The van der Waals surface area contributed by atoms with Crippen LogP contribution in [0.5, 0.6) is 0 Å². The predicted octanol–water partition coefficient (Wildman–Crippen LogP) is -0.0941. The molecule has 4 nitrogen and oxygen atoms in total. The van der Waals surface area contributed by atoms with Crippen LogP contribution in [0.15, 0.2) is 0 Å². The van der Waals surface area contributed by atoms with Gasteiger partial charge in [0.2, 0.25) is 5.91 Å². The maximum absolute atomic E-state index is 12.2. The molecule has 2 heterocycles. The number of nitrogens with one attached hydrogen (secondary N) is 1. The molecule has 0 radical (unpaired) electrons. The van der Waals surface area contributed by atoms with E-state index in [2.05, 4.69) is 16.1 Å². The third-order valence-corrected chi connectivity index (χ3v) is 3.61. The molecule has 2 aliphatic heterocycles. The van der Waals surface area contributed by atoms with Crippen LogP contribution in [-0.2, 0) is 4.79 Å². The summed E-state index contributed by atoms with van der Waals surface area (Å²) in [7, 11) is 0. The van der Waals surface area contributed by atoms with E-state index in [9.17, 15) is 4.79 Å². The summed E-state index contributed by atoms with van der Waals surface area (Å²) in [4.78, 5) is 16.4. The first kappa shape index (κ1) is 12.4. The summed E-state index contributed by atoms with van der Waals surface area (Å²) in [5, 5.41) is 3.32. The largest absolute Gasteiger partial charge is 0.339 e. The summed E-state index contributed by atoms with van der Waals surface area (Å²) in [6.07, 6.45) is 8.64. The summed E-state index contributed by atoms with van der Waals surface area (Å²) >= 11 is 0. The van der Waals surface area contributed by atoms with E-state index in [1.165, 1.54) is 12.8 Å². The van der Waals surface area contributed by atoms with Gasteiger partial charge in [-0.2, -0.15) is 0 Å². The quantitative estimate of drug-likeness (QED) is 0.679. The fourth-order valence-electron chi connectivity index (χ4n) is 2.54. The smallest absolute Gasteiger partial charge is 0.239 e. The Labute approximate surface area is 103 Å². The highest BCUT2D eigenvalue weighted by molar-refractivity contribution is 5.82. The van der Waals surface area contributed by atoms with E-state index in [1.54, 1.807) is 0 Å². The molecular formula is C13H21N3O. The Morgan fingerprint density at radius 1 is 1.29 bits per heavy atom. The number of hydrogen-bond donors (Lipinski definition) is 1. The lowest BCUT2D eigenvalue weighted by Gasteiger charge is -2.36. The second-order valence-corrected chi connectivity index (χ2v) is 4.81. The lowest BCUT2D eigenvalue weighted by Crippen LogP contribution is -2.55. The third kappa shape index (κ3) is 3.21. The number of carbonyl (C=O) groups is 1. The summed E-state index contributed by atoms with van der Waals surface area (Å²) in [6.45, 7) is 5.12. The number of carbonyl (C=O) groups excluding carboxylic acids is 1. The van der Waals surface area contributed by atoms with Crippen molar-refractivity contribution in [2.24, 2.45) is 0 Å². The van der Waals surface area contributed by atoms with Gasteiger partial charge >= 0.3 is 0 Å². The van der Waals surface area contributed by atoms with Crippen molar-refractivity contribution in [2.75, 3.05) is 39.3 Å². The van der Waals surface area contributed by atoms with E-state index in [0.29, 0.717) is 6.54 Å². The highest BCUT2D eigenvalue weighted by Crippen LogP contribution is 2.11. The van der Waals surface area contributed by atoms with Crippen LogP contribution >= 0.6 is 0 Å². The van der Waals surface area contributed by atoms with Crippen LogP contribution in [0.3, 0.4) is 0 Å². The number of piperidine rings is 1. The molecule has 0 saturated carbocycles. The first-order valence-electron chi connectivity index (χ1n) is 6.49. The highest BCUT2D eigenvalue weighted by atomic mass is 16.2. The van der Waals surface area contributed by atoms with Crippen molar-refractivity contribution < 1.29 is 4.79 Å². The zero-order valence-electron chi connectivity index (χ0n) is 10.3. The Morgan fingerprint density at radius 2 is 2.06 bits per heavy atom. The molecule has 94 valence electrons. The normalized spacial score (nSPS) is 26.5. The Bertz CT molecular complexity index is 296. The van der Waals surface area contributed by atoms with Gasteiger partial charge in [-0.3, -0.25) is 9.69 Å². The molecule has 4 heteroatoms. The summed E-state index contributed by atoms with van der Waals surface area (Å²) in [5.74, 6) is 2.94. The monoisotopic (exact) mass is 235 g/mol. The molecule has 1 atom stereocenters. The van der Waals surface area contributed by atoms with Gasteiger partial charge in [-0.15, -0.1) is 6.42 Å². The van der Waals surface area contributed by atoms with Gasteiger partial charge in [-0.05, 0) is 19.4 Å². The fraction of sp³-hybridized carbons (Fsp3) is 0.769. The van der Waals surface area contributed by atoms with Gasteiger partial charge in [0.05, 0.1) is 12.6 Å². The molecule has 2 saturated heterocycles. The van der Waals surface area contributed by atoms with Crippen LogP contribution in [0.4, 0.5) is 0 Å². The number of rotatable bonds is 2. The minimum Gasteiger partial charge on any atom is -0.339 e. The lowest BCUT2D eigenvalue weighted by molar-refractivity contribution is -0.135. The first-order valence-corrected chi connectivity index (χ1v) is 6.49. The van der Waals surface area contributed by atoms with Gasteiger partial charge in [0, 0.05) is 26.2 Å². The molecule has 1 N–H and O–H groups in total. The maximum Gasteiger partial charge on any atom is 0.239 e. The van der Waals surface area contributed by atoms with Gasteiger partial charge in [0.25, 0.3) is 0 Å². The van der Waals surface area contributed by atoms with Crippen molar-refractivity contribution >= 4 is 5.91 Å². The van der Waals surface area contributed by atoms with Crippen LogP contribution in [0.25, 0.3) is 0 Å². The molecule has 2 rings (SSSR count). The third-order valence-electron chi connectivity index (χ3n) is 3.61. The van der Waals surface area contributed by atoms with Crippen molar-refractivity contribution in [3.63, 3.8) is 0 Å².